The average Bonchev–Trinajstić information content (AvgIpc) is 3.19. The molecule has 2 aromatic carbocycles. The summed E-state index contributed by atoms with van der Waals surface area (Å²) < 4.78 is 2.05. The van der Waals surface area contributed by atoms with Gasteiger partial charge in [-0.15, -0.1) is 10.2 Å². The van der Waals surface area contributed by atoms with Crippen LogP contribution in [0.25, 0.3) is 11.1 Å². The van der Waals surface area contributed by atoms with E-state index in [4.69, 9.17) is 11.6 Å². The molecule has 0 unspecified atom stereocenters. The van der Waals surface area contributed by atoms with Crippen molar-refractivity contribution in [3.05, 3.63) is 71.3 Å². The lowest BCUT2D eigenvalue weighted by Gasteiger charge is -2.15. The molecule has 0 saturated carbocycles. The van der Waals surface area contributed by atoms with Crippen molar-refractivity contribution in [1.82, 2.24) is 25.4 Å². The molecule has 146 valence electrons. The van der Waals surface area contributed by atoms with Gasteiger partial charge >= 0.3 is 0 Å². The number of benzene rings is 2. The van der Waals surface area contributed by atoms with Crippen LogP contribution in [-0.2, 0) is 19.5 Å². The van der Waals surface area contributed by atoms with Crippen LogP contribution in [0.1, 0.15) is 18.3 Å². The Hall–Kier alpha value is -2.86. The molecule has 1 aromatic heterocycles. The van der Waals surface area contributed by atoms with Crippen LogP contribution in [0.4, 0.5) is 0 Å². The number of hydrogen-bond donors (Lipinski definition) is 2. The summed E-state index contributed by atoms with van der Waals surface area (Å²) in [4.78, 5) is 4.32. The Bertz CT molecular complexity index is 917. The minimum Gasteiger partial charge on any atom is -0.355 e. The van der Waals surface area contributed by atoms with E-state index >= 15 is 0 Å². The first kappa shape index (κ1) is 19.9. The summed E-state index contributed by atoms with van der Waals surface area (Å²) in [5.41, 5.74) is 3.52. The van der Waals surface area contributed by atoms with Crippen LogP contribution in [0.15, 0.2) is 59.9 Å². The van der Waals surface area contributed by atoms with Crippen molar-refractivity contribution in [2.75, 3.05) is 13.6 Å². The topological polar surface area (TPSA) is 67.1 Å². The highest BCUT2D eigenvalue weighted by Gasteiger charge is 2.06. The summed E-state index contributed by atoms with van der Waals surface area (Å²) >= 11 is 6.02. The van der Waals surface area contributed by atoms with Gasteiger partial charge in [-0.2, -0.15) is 0 Å². The van der Waals surface area contributed by atoms with E-state index < -0.39 is 0 Å². The Morgan fingerprint density at radius 1 is 1.11 bits per heavy atom. The molecular formula is C21H25ClN6. The third-order valence-corrected chi connectivity index (χ3v) is 4.75. The quantitative estimate of drug-likeness (QED) is 0.473. The summed E-state index contributed by atoms with van der Waals surface area (Å²) in [6, 6.07) is 16.2. The smallest absolute Gasteiger partial charge is 0.191 e. The van der Waals surface area contributed by atoms with Gasteiger partial charge in [0.15, 0.2) is 5.96 Å². The number of aliphatic imine (C=N–C) groups is 1. The second kappa shape index (κ2) is 9.90. The van der Waals surface area contributed by atoms with Gasteiger partial charge in [0, 0.05) is 38.1 Å². The molecule has 0 amide bonds. The van der Waals surface area contributed by atoms with Crippen LogP contribution in [0, 0.1) is 0 Å². The van der Waals surface area contributed by atoms with Crippen molar-refractivity contribution < 1.29 is 0 Å². The molecule has 0 aliphatic rings. The monoisotopic (exact) mass is 396 g/mol. The van der Waals surface area contributed by atoms with E-state index in [0.717, 1.165) is 41.9 Å². The van der Waals surface area contributed by atoms with Gasteiger partial charge in [-0.1, -0.05) is 54.9 Å². The van der Waals surface area contributed by atoms with Gasteiger partial charge < -0.3 is 15.2 Å². The first-order valence-electron chi connectivity index (χ1n) is 9.36. The van der Waals surface area contributed by atoms with Crippen LogP contribution in [-0.4, -0.2) is 34.3 Å². The SMILES string of the molecule is CCc1nncn1CCNC(=NC)NCc1ccccc1-c1ccc(Cl)cc1. The van der Waals surface area contributed by atoms with E-state index in [1.54, 1.807) is 13.4 Å². The van der Waals surface area contributed by atoms with Crippen LogP contribution >= 0.6 is 11.6 Å². The number of nitrogens with zero attached hydrogens (tertiary/aromatic N) is 4. The molecular weight excluding hydrogens is 372 g/mol. The minimum atomic E-state index is 0.672. The zero-order chi connectivity index (χ0) is 19.8. The normalized spacial score (nSPS) is 11.5. The molecule has 1 heterocycles. The third kappa shape index (κ3) is 5.10. The molecule has 6 nitrogen and oxygen atoms in total. The van der Waals surface area contributed by atoms with E-state index in [9.17, 15) is 0 Å². The summed E-state index contributed by atoms with van der Waals surface area (Å²) in [5.74, 6) is 1.75. The van der Waals surface area contributed by atoms with Crippen LogP contribution in [0.5, 0.6) is 0 Å². The molecule has 28 heavy (non-hydrogen) atoms. The van der Waals surface area contributed by atoms with Gasteiger partial charge in [-0.25, -0.2) is 0 Å². The Balaban J connectivity index is 1.59. The lowest BCUT2D eigenvalue weighted by Crippen LogP contribution is -2.38. The molecule has 0 aliphatic heterocycles. The van der Waals surface area contributed by atoms with Crippen molar-refractivity contribution in [2.45, 2.75) is 26.4 Å². The largest absolute Gasteiger partial charge is 0.355 e. The highest BCUT2D eigenvalue weighted by atomic mass is 35.5. The number of guanidine groups is 1. The molecule has 0 spiro atoms. The van der Waals surface area contributed by atoms with Crippen LogP contribution < -0.4 is 10.6 Å². The standard InChI is InChI=1S/C21H25ClN6/c1-3-20-27-26-15-28(20)13-12-24-21(23-2)25-14-17-6-4-5-7-19(17)16-8-10-18(22)11-9-16/h4-11,15H,3,12-14H2,1-2H3,(H2,23,24,25). The highest BCUT2D eigenvalue weighted by Crippen LogP contribution is 2.25. The van der Waals surface area contributed by atoms with Crippen molar-refractivity contribution in [2.24, 2.45) is 4.99 Å². The van der Waals surface area contributed by atoms with E-state index in [-0.39, 0.29) is 0 Å². The average molecular weight is 397 g/mol. The fourth-order valence-electron chi connectivity index (χ4n) is 3.02. The Morgan fingerprint density at radius 3 is 2.64 bits per heavy atom. The Kier molecular flexibility index (Phi) is 7.03. The zero-order valence-electron chi connectivity index (χ0n) is 16.2. The summed E-state index contributed by atoms with van der Waals surface area (Å²) in [6.07, 6.45) is 2.63. The van der Waals surface area contributed by atoms with Crippen molar-refractivity contribution >= 4 is 17.6 Å². The minimum absolute atomic E-state index is 0.672. The maximum Gasteiger partial charge on any atom is 0.191 e. The maximum atomic E-state index is 6.02. The van der Waals surface area contributed by atoms with E-state index in [1.165, 1.54) is 11.1 Å². The van der Waals surface area contributed by atoms with Crippen LogP contribution in [0.2, 0.25) is 5.02 Å². The Labute approximate surface area is 170 Å². The number of halogens is 1. The number of hydrogen-bond acceptors (Lipinski definition) is 3. The molecule has 3 aromatic rings. The molecule has 0 fully saturated rings. The Morgan fingerprint density at radius 2 is 1.89 bits per heavy atom. The molecule has 0 atom stereocenters. The predicted octanol–water partition coefficient (Wildman–Crippen LogP) is 3.53. The molecule has 3 rings (SSSR count). The fourth-order valence-corrected chi connectivity index (χ4v) is 3.15. The number of aryl methyl sites for hydroxylation is 1. The third-order valence-electron chi connectivity index (χ3n) is 4.50. The molecule has 0 radical (unpaired) electrons. The first-order valence-corrected chi connectivity index (χ1v) is 9.74. The second-order valence-electron chi connectivity index (χ2n) is 6.31. The maximum absolute atomic E-state index is 6.02. The molecule has 2 N–H and O–H groups in total. The molecule has 0 saturated heterocycles. The highest BCUT2D eigenvalue weighted by molar-refractivity contribution is 6.30. The van der Waals surface area contributed by atoms with Gasteiger partial charge in [0.1, 0.15) is 12.2 Å². The van der Waals surface area contributed by atoms with Crippen molar-refractivity contribution in [1.29, 1.82) is 0 Å². The van der Waals surface area contributed by atoms with Gasteiger partial charge in [0.05, 0.1) is 0 Å². The van der Waals surface area contributed by atoms with Gasteiger partial charge in [-0.05, 0) is 28.8 Å². The molecule has 7 heteroatoms. The number of rotatable bonds is 7. The van der Waals surface area contributed by atoms with Gasteiger partial charge in [0.25, 0.3) is 0 Å². The predicted molar refractivity (Wildman–Crippen MR) is 114 cm³/mol. The first-order chi connectivity index (χ1) is 13.7. The summed E-state index contributed by atoms with van der Waals surface area (Å²) in [6.45, 7) is 4.28. The lowest BCUT2D eigenvalue weighted by atomic mass is 10.00. The van der Waals surface area contributed by atoms with Gasteiger partial charge in [-0.3, -0.25) is 4.99 Å². The zero-order valence-corrected chi connectivity index (χ0v) is 16.9. The molecule has 0 bridgehead atoms. The number of nitrogens with one attached hydrogen (secondary N) is 2. The van der Waals surface area contributed by atoms with E-state index in [2.05, 4.69) is 49.4 Å². The second-order valence-corrected chi connectivity index (χ2v) is 6.75. The van der Waals surface area contributed by atoms with Crippen molar-refractivity contribution in [3.8, 4) is 11.1 Å². The van der Waals surface area contributed by atoms with Crippen molar-refractivity contribution in [3.63, 3.8) is 0 Å². The van der Waals surface area contributed by atoms with Gasteiger partial charge in [0.2, 0.25) is 0 Å². The number of aromatic nitrogens is 3. The molecule has 0 aliphatic carbocycles. The fraction of sp³-hybridized carbons (Fsp3) is 0.286. The summed E-state index contributed by atoms with van der Waals surface area (Å²) in [5, 5.41) is 15.5. The van der Waals surface area contributed by atoms with E-state index in [1.807, 2.05) is 36.4 Å². The van der Waals surface area contributed by atoms with E-state index in [0.29, 0.717) is 6.54 Å². The summed E-state index contributed by atoms with van der Waals surface area (Å²) in [7, 11) is 1.77. The lowest BCUT2D eigenvalue weighted by molar-refractivity contribution is 0.632. The van der Waals surface area contributed by atoms with Crippen LogP contribution in [0.3, 0.4) is 0 Å².